The topological polar surface area (TPSA) is 20.2 Å². The van der Waals surface area contributed by atoms with Crippen molar-refractivity contribution < 1.29 is 5.11 Å². The van der Waals surface area contributed by atoms with E-state index in [9.17, 15) is 5.11 Å². The van der Waals surface area contributed by atoms with Gasteiger partial charge >= 0.3 is 0 Å². The highest BCUT2D eigenvalue weighted by Gasteiger charge is 2.14. The van der Waals surface area contributed by atoms with Crippen LogP contribution >= 0.6 is 0 Å². The predicted octanol–water partition coefficient (Wildman–Crippen LogP) is 4.84. The Morgan fingerprint density at radius 3 is 2.53 bits per heavy atom. The molecule has 1 heteroatoms. The zero-order valence-electron chi connectivity index (χ0n) is 11.4. The van der Waals surface area contributed by atoms with E-state index in [2.05, 4.69) is 6.58 Å². The molecular formula is C16H30O. The summed E-state index contributed by atoms with van der Waals surface area (Å²) in [4.78, 5) is 0. The Morgan fingerprint density at radius 2 is 1.82 bits per heavy atom. The molecule has 1 nitrogen and oxygen atoms in total. The molecule has 100 valence electrons. The fourth-order valence-corrected chi connectivity index (χ4v) is 2.89. The average molecular weight is 238 g/mol. The fraction of sp³-hybridized carbons (Fsp3) is 0.875. The van der Waals surface area contributed by atoms with Crippen molar-refractivity contribution in [1.29, 1.82) is 0 Å². The van der Waals surface area contributed by atoms with E-state index >= 15 is 0 Å². The Hall–Kier alpha value is -0.300. The summed E-state index contributed by atoms with van der Waals surface area (Å²) in [6.07, 6.45) is 17.1. The zero-order valence-corrected chi connectivity index (χ0v) is 11.4. The molecule has 1 saturated carbocycles. The second kappa shape index (κ2) is 9.70. The summed E-state index contributed by atoms with van der Waals surface area (Å²) < 4.78 is 0. The molecule has 1 unspecified atom stereocenters. The molecule has 1 aliphatic rings. The Morgan fingerprint density at radius 1 is 1.06 bits per heavy atom. The van der Waals surface area contributed by atoms with Crippen molar-refractivity contribution in [3.8, 4) is 0 Å². The highest BCUT2D eigenvalue weighted by atomic mass is 16.3. The first-order chi connectivity index (χ1) is 8.33. The molecule has 17 heavy (non-hydrogen) atoms. The molecule has 0 aromatic rings. The van der Waals surface area contributed by atoms with Crippen LogP contribution < -0.4 is 0 Å². The number of hydrogen-bond donors (Lipinski definition) is 1. The van der Waals surface area contributed by atoms with Crippen molar-refractivity contribution in [2.75, 3.05) is 0 Å². The molecule has 0 saturated heterocycles. The average Bonchev–Trinajstić information content (AvgIpc) is 2.37. The molecule has 1 N–H and O–H groups in total. The van der Waals surface area contributed by atoms with Crippen molar-refractivity contribution in [3.05, 3.63) is 12.7 Å². The SMILES string of the molecule is C=CCCCCCC(O)CCC1CCCCC1. The van der Waals surface area contributed by atoms with E-state index in [1.54, 1.807) is 0 Å². The van der Waals surface area contributed by atoms with Gasteiger partial charge in [0.05, 0.1) is 6.10 Å². The van der Waals surface area contributed by atoms with Gasteiger partial charge in [0.1, 0.15) is 0 Å². The molecule has 0 aromatic heterocycles. The molecule has 1 aliphatic carbocycles. The largest absolute Gasteiger partial charge is 0.393 e. The maximum absolute atomic E-state index is 9.92. The summed E-state index contributed by atoms with van der Waals surface area (Å²) in [7, 11) is 0. The van der Waals surface area contributed by atoms with Gasteiger partial charge in [0.15, 0.2) is 0 Å². The number of aliphatic hydroxyl groups excluding tert-OH is 1. The number of rotatable bonds is 9. The van der Waals surface area contributed by atoms with Crippen LogP contribution in [0.4, 0.5) is 0 Å². The van der Waals surface area contributed by atoms with E-state index in [0.29, 0.717) is 0 Å². The number of aliphatic hydroxyl groups is 1. The standard InChI is InChI=1S/C16H30O/c1-2-3-4-5-9-12-16(17)14-13-15-10-7-6-8-11-15/h2,15-17H,1,3-14H2. The zero-order chi connectivity index (χ0) is 12.3. The van der Waals surface area contributed by atoms with Crippen LogP contribution in [0.25, 0.3) is 0 Å². The molecule has 0 amide bonds. The maximum atomic E-state index is 9.92. The van der Waals surface area contributed by atoms with Crippen molar-refractivity contribution in [2.45, 2.75) is 83.2 Å². The maximum Gasteiger partial charge on any atom is 0.0540 e. The van der Waals surface area contributed by atoms with E-state index in [4.69, 9.17) is 0 Å². The van der Waals surface area contributed by atoms with Gasteiger partial charge in [0.25, 0.3) is 0 Å². The third-order valence-corrected chi connectivity index (χ3v) is 4.08. The van der Waals surface area contributed by atoms with Crippen molar-refractivity contribution in [1.82, 2.24) is 0 Å². The third-order valence-electron chi connectivity index (χ3n) is 4.08. The second-order valence-electron chi connectivity index (χ2n) is 5.66. The van der Waals surface area contributed by atoms with Crippen LogP contribution in [0.1, 0.15) is 77.0 Å². The number of allylic oxidation sites excluding steroid dienone is 1. The van der Waals surface area contributed by atoms with E-state index in [-0.39, 0.29) is 6.10 Å². The van der Waals surface area contributed by atoms with Crippen LogP contribution in [0.5, 0.6) is 0 Å². The Bertz CT molecular complexity index is 182. The summed E-state index contributed by atoms with van der Waals surface area (Å²) in [5.74, 6) is 0.916. The summed E-state index contributed by atoms with van der Waals surface area (Å²) in [5, 5.41) is 9.92. The molecule has 1 fully saturated rings. The fourth-order valence-electron chi connectivity index (χ4n) is 2.89. The molecule has 0 spiro atoms. The van der Waals surface area contributed by atoms with Gasteiger partial charge in [0.2, 0.25) is 0 Å². The molecule has 0 radical (unpaired) electrons. The molecular weight excluding hydrogens is 208 g/mol. The normalized spacial score (nSPS) is 19.1. The molecule has 1 rings (SSSR count). The van der Waals surface area contributed by atoms with Gasteiger partial charge in [-0.3, -0.25) is 0 Å². The van der Waals surface area contributed by atoms with Gasteiger partial charge in [0, 0.05) is 0 Å². The Kier molecular flexibility index (Phi) is 8.42. The van der Waals surface area contributed by atoms with Gasteiger partial charge in [-0.05, 0) is 38.0 Å². The highest BCUT2D eigenvalue weighted by molar-refractivity contribution is 4.69. The van der Waals surface area contributed by atoms with Crippen LogP contribution in [0.15, 0.2) is 12.7 Å². The lowest BCUT2D eigenvalue weighted by Gasteiger charge is -2.22. The van der Waals surface area contributed by atoms with Crippen LogP contribution in [0, 0.1) is 5.92 Å². The van der Waals surface area contributed by atoms with Crippen LogP contribution in [0.2, 0.25) is 0 Å². The van der Waals surface area contributed by atoms with Gasteiger partial charge < -0.3 is 5.11 Å². The number of unbranched alkanes of at least 4 members (excludes halogenated alkanes) is 3. The van der Waals surface area contributed by atoms with Crippen LogP contribution in [-0.2, 0) is 0 Å². The van der Waals surface area contributed by atoms with Gasteiger partial charge in [-0.25, -0.2) is 0 Å². The monoisotopic (exact) mass is 238 g/mol. The second-order valence-corrected chi connectivity index (χ2v) is 5.66. The van der Waals surface area contributed by atoms with E-state index in [0.717, 1.165) is 25.2 Å². The lowest BCUT2D eigenvalue weighted by atomic mass is 9.85. The van der Waals surface area contributed by atoms with Crippen LogP contribution in [0.3, 0.4) is 0 Å². The summed E-state index contributed by atoms with van der Waals surface area (Å²) in [6, 6.07) is 0. The lowest BCUT2D eigenvalue weighted by Crippen LogP contribution is -2.12. The minimum Gasteiger partial charge on any atom is -0.393 e. The first kappa shape index (κ1) is 14.8. The summed E-state index contributed by atoms with van der Waals surface area (Å²) in [6.45, 7) is 3.73. The smallest absolute Gasteiger partial charge is 0.0540 e. The first-order valence-electron chi connectivity index (χ1n) is 7.62. The minimum absolute atomic E-state index is 0.0411. The third kappa shape index (κ3) is 7.59. The Labute approximate surface area is 107 Å². The van der Waals surface area contributed by atoms with E-state index in [1.165, 1.54) is 57.8 Å². The molecule has 0 bridgehead atoms. The molecule has 1 atom stereocenters. The van der Waals surface area contributed by atoms with Crippen molar-refractivity contribution in [3.63, 3.8) is 0 Å². The minimum atomic E-state index is -0.0411. The van der Waals surface area contributed by atoms with Gasteiger partial charge in [-0.15, -0.1) is 6.58 Å². The summed E-state index contributed by atoms with van der Waals surface area (Å²) in [5.41, 5.74) is 0. The van der Waals surface area contributed by atoms with E-state index < -0.39 is 0 Å². The van der Waals surface area contributed by atoms with Crippen molar-refractivity contribution in [2.24, 2.45) is 5.92 Å². The predicted molar refractivity (Wildman–Crippen MR) is 75.1 cm³/mol. The highest BCUT2D eigenvalue weighted by Crippen LogP contribution is 2.28. The lowest BCUT2D eigenvalue weighted by molar-refractivity contribution is 0.137. The first-order valence-corrected chi connectivity index (χ1v) is 7.62. The molecule has 0 heterocycles. The molecule has 0 aromatic carbocycles. The quantitative estimate of drug-likeness (QED) is 0.450. The Balaban J connectivity index is 1.92. The van der Waals surface area contributed by atoms with E-state index in [1.807, 2.05) is 6.08 Å². The van der Waals surface area contributed by atoms with Gasteiger partial charge in [-0.1, -0.05) is 51.0 Å². The van der Waals surface area contributed by atoms with Crippen molar-refractivity contribution >= 4 is 0 Å². The van der Waals surface area contributed by atoms with Gasteiger partial charge in [-0.2, -0.15) is 0 Å². The summed E-state index contributed by atoms with van der Waals surface area (Å²) >= 11 is 0. The molecule has 0 aliphatic heterocycles. The van der Waals surface area contributed by atoms with Crippen LogP contribution in [-0.4, -0.2) is 11.2 Å². The number of hydrogen-bond acceptors (Lipinski definition) is 1.